The fourth-order valence-electron chi connectivity index (χ4n) is 3.60. The summed E-state index contributed by atoms with van der Waals surface area (Å²) in [5.41, 5.74) is 0.718. The Morgan fingerprint density at radius 2 is 2.27 bits per heavy atom. The monoisotopic (exact) mass is 400 g/mol. The van der Waals surface area contributed by atoms with Gasteiger partial charge in [-0.05, 0) is 37.5 Å². The molecule has 1 N–H and O–H groups in total. The molecule has 3 unspecified atom stereocenters. The van der Waals surface area contributed by atoms with Gasteiger partial charge < -0.3 is 18.9 Å². The van der Waals surface area contributed by atoms with E-state index in [1.165, 1.54) is 12.1 Å². The summed E-state index contributed by atoms with van der Waals surface area (Å²) in [4.78, 5) is 17.1. The molecule has 2 aliphatic heterocycles. The van der Waals surface area contributed by atoms with E-state index in [1.807, 2.05) is 11.8 Å². The molecule has 144 valence electrons. The average molecular weight is 401 g/mol. The van der Waals surface area contributed by atoms with Crippen molar-refractivity contribution in [1.29, 1.82) is 0 Å². The molecule has 1 aromatic rings. The second-order valence-electron chi connectivity index (χ2n) is 6.87. The highest BCUT2D eigenvalue weighted by atomic mass is 35.5. The quantitative estimate of drug-likeness (QED) is 0.761. The third-order valence-corrected chi connectivity index (χ3v) is 5.63. The molecule has 0 radical (unpaired) electrons. The minimum Gasteiger partial charge on any atom is -0.755 e. The second-order valence-corrected chi connectivity index (χ2v) is 7.95. The van der Waals surface area contributed by atoms with E-state index < -0.39 is 11.3 Å². The Kier molecular flexibility index (Phi) is 6.52. The molecular formula is C17H23ClN3O4S-. The Hall–Kier alpha value is -1.19. The van der Waals surface area contributed by atoms with E-state index in [1.54, 1.807) is 6.07 Å². The van der Waals surface area contributed by atoms with Crippen LogP contribution in [0, 0.1) is 5.92 Å². The molecule has 2 aliphatic rings. The van der Waals surface area contributed by atoms with Gasteiger partial charge in [-0.1, -0.05) is 11.6 Å². The highest BCUT2D eigenvalue weighted by Crippen LogP contribution is 2.25. The predicted octanol–water partition coefficient (Wildman–Crippen LogP) is 1.73. The van der Waals surface area contributed by atoms with Crippen LogP contribution in [-0.2, 0) is 16.0 Å². The van der Waals surface area contributed by atoms with Gasteiger partial charge in [-0.25, -0.2) is 0 Å². The van der Waals surface area contributed by atoms with E-state index in [-0.39, 0.29) is 17.0 Å². The first-order valence-corrected chi connectivity index (χ1v) is 10.2. The fraction of sp³-hybridized carbons (Fsp3) is 0.588. The van der Waals surface area contributed by atoms with Gasteiger partial charge in [-0.2, -0.15) is 0 Å². The van der Waals surface area contributed by atoms with E-state index in [4.69, 9.17) is 16.3 Å². The lowest BCUT2D eigenvalue weighted by Crippen LogP contribution is -2.54. The normalized spacial score (nSPS) is 25.3. The van der Waals surface area contributed by atoms with Crippen LogP contribution in [0.1, 0.15) is 23.7 Å². The van der Waals surface area contributed by atoms with E-state index in [9.17, 15) is 13.6 Å². The molecule has 0 saturated carbocycles. The number of benzene rings is 1. The topological polar surface area (TPSA) is 84.9 Å². The number of hydrogen-bond acceptors (Lipinski definition) is 5. The lowest BCUT2D eigenvalue weighted by molar-refractivity contribution is 0.0452. The summed E-state index contributed by atoms with van der Waals surface area (Å²) in [5, 5.41) is 0.239. The van der Waals surface area contributed by atoms with Crippen molar-refractivity contribution < 1.29 is 18.3 Å². The van der Waals surface area contributed by atoms with Crippen LogP contribution in [0.25, 0.3) is 0 Å². The highest BCUT2D eigenvalue weighted by Gasteiger charge is 2.30. The summed E-state index contributed by atoms with van der Waals surface area (Å²) < 4.78 is 29.1. The largest absolute Gasteiger partial charge is 0.755 e. The van der Waals surface area contributed by atoms with Crippen LogP contribution in [0.4, 0.5) is 5.69 Å². The number of piperazine rings is 1. The van der Waals surface area contributed by atoms with E-state index in [2.05, 4.69) is 9.62 Å². The summed E-state index contributed by atoms with van der Waals surface area (Å²) in [7, 11) is 0. The van der Waals surface area contributed by atoms with Gasteiger partial charge in [0.1, 0.15) is 0 Å². The number of rotatable bonds is 5. The maximum absolute atomic E-state index is 12.9. The molecule has 0 aliphatic carbocycles. The average Bonchev–Trinajstić information content (AvgIpc) is 3.07. The standard InChI is InChI=1S/C17H24ClN3O4S/c1-12-9-20(10-13-4-7-25-11-13)5-6-21(12)17(22)15-3-2-14(8-16(15)18)19-26(23)24/h2-3,8,12-13,19H,4-7,9-11H2,1H3,(H,23,24)/p-1. The maximum atomic E-state index is 12.9. The Morgan fingerprint density at radius 3 is 2.88 bits per heavy atom. The number of amides is 1. The van der Waals surface area contributed by atoms with Crippen molar-refractivity contribution in [3.63, 3.8) is 0 Å². The third kappa shape index (κ3) is 4.75. The van der Waals surface area contributed by atoms with E-state index in [0.29, 0.717) is 23.7 Å². The van der Waals surface area contributed by atoms with Gasteiger partial charge >= 0.3 is 0 Å². The fourth-order valence-corrected chi connectivity index (χ4v) is 4.18. The molecule has 2 heterocycles. The number of ether oxygens (including phenoxy) is 1. The van der Waals surface area contributed by atoms with Gasteiger partial charge in [0.15, 0.2) is 0 Å². The van der Waals surface area contributed by atoms with Crippen molar-refractivity contribution in [2.45, 2.75) is 19.4 Å². The van der Waals surface area contributed by atoms with Crippen LogP contribution in [0.15, 0.2) is 18.2 Å². The summed E-state index contributed by atoms with van der Waals surface area (Å²) in [6.07, 6.45) is 1.11. The second kappa shape index (κ2) is 8.67. The number of hydrogen-bond donors (Lipinski definition) is 1. The molecule has 0 spiro atoms. The van der Waals surface area contributed by atoms with Crippen molar-refractivity contribution in [2.24, 2.45) is 5.92 Å². The highest BCUT2D eigenvalue weighted by molar-refractivity contribution is 7.80. The molecule has 3 atom stereocenters. The molecule has 7 nitrogen and oxygen atoms in total. The maximum Gasteiger partial charge on any atom is 0.255 e. The summed E-state index contributed by atoms with van der Waals surface area (Å²) in [6.45, 7) is 7.04. The van der Waals surface area contributed by atoms with Gasteiger partial charge in [-0.3, -0.25) is 13.9 Å². The first kappa shape index (κ1) is 19.6. The van der Waals surface area contributed by atoms with Gasteiger partial charge in [-0.15, -0.1) is 0 Å². The van der Waals surface area contributed by atoms with Crippen LogP contribution >= 0.6 is 11.6 Å². The van der Waals surface area contributed by atoms with Crippen molar-refractivity contribution in [1.82, 2.24) is 9.80 Å². The molecule has 2 saturated heterocycles. The first-order chi connectivity index (χ1) is 12.4. The number of carbonyl (C=O) groups excluding carboxylic acids is 1. The Balaban J connectivity index is 1.62. The molecule has 1 amide bonds. The summed E-state index contributed by atoms with van der Waals surface area (Å²) >= 11 is 3.78. The van der Waals surface area contributed by atoms with Gasteiger partial charge in [0, 0.05) is 55.8 Å². The Labute approximate surface area is 161 Å². The smallest absolute Gasteiger partial charge is 0.255 e. The molecular weight excluding hydrogens is 378 g/mol. The van der Waals surface area contributed by atoms with Gasteiger partial charge in [0.2, 0.25) is 0 Å². The number of anilines is 1. The first-order valence-electron chi connectivity index (χ1n) is 8.70. The lowest BCUT2D eigenvalue weighted by atomic mass is 10.1. The van der Waals surface area contributed by atoms with Crippen LogP contribution in [0.5, 0.6) is 0 Å². The van der Waals surface area contributed by atoms with Gasteiger partial charge in [0.25, 0.3) is 5.91 Å². The van der Waals surface area contributed by atoms with E-state index >= 15 is 0 Å². The summed E-state index contributed by atoms with van der Waals surface area (Å²) in [6, 6.07) is 4.64. The van der Waals surface area contributed by atoms with Crippen molar-refractivity contribution in [3.05, 3.63) is 28.8 Å². The molecule has 2 fully saturated rings. The Bertz CT molecular complexity index is 684. The molecule has 0 aromatic heterocycles. The number of halogens is 1. The van der Waals surface area contributed by atoms with Crippen molar-refractivity contribution >= 4 is 34.5 Å². The SMILES string of the molecule is CC1CN(CC2CCOC2)CCN1C(=O)c1ccc(NS(=O)[O-])cc1Cl. The van der Waals surface area contributed by atoms with Crippen molar-refractivity contribution in [2.75, 3.05) is 44.1 Å². The number of nitrogens with one attached hydrogen (secondary N) is 1. The zero-order chi connectivity index (χ0) is 18.7. The Morgan fingerprint density at radius 1 is 1.46 bits per heavy atom. The van der Waals surface area contributed by atoms with Crippen molar-refractivity contribution in [3.8, 4) is 0 Å². The molecule has 9 heteroatoms. The minimum absolute atomic E-state index is 0.0848. The predicted molar refractivity (Wildman–Crippen MR) is 99.9 cm³/mol. The molecule has 3 rings (SSSR count). The number of carbonyl (C=O) groups is 1. The third-order valence-electron chi connectivity index (χ3n) is 4.91. The van der Waals surface area contributed by atoms with Crippen LogP contribution < -0.4 is 4.72 Å². The molecule has 0 bridgehead atoms. The van der Waals surface area contributed by atoms with Gasteiger partial charge in [0.05, 0.1) is 17.2 Å². The zero-order valence-corrected chi connectivity index (χ0v) is 16.2. The van der Waals surface area contributed by atoms with Crippen LogP contribution in [-0.4, -0.2) is 69.9 Å². The molecule has 26 heavy (non-hydrogen) atoms. The van der Waals surface area contributed by atoms with E-state index in [0.717, 1.165) is 39.3 Å². The molecule has 1 aromatic carbocycles. The van der Waals surface area contributed by atoms with Crippen LogP contribution in [0.3, 0.4) is 0 Å². The minimum atomic E-state index is -2.43. The summed E-state index contributed by atoms with van der Waals surface area (Å²) in [5.74, 6) is 0.464. The zero-order valence-electron chi connectivity index (χ0n) is 14.7. The number of nitrogens with zero attached hydrogens (tertiary/aromatic N) is 2. The lowest BCUT2D eigenvalue weighted by Gasteiger charge is -2.40. The van der Waals surface area contributed by atoms with Crippen LogP contribution in [0.2, 0.25) is 5.02 Å².